The second-order valence-electron chi connectivity index (χ2n) is 2.11. The van der Waals surface area contributed by atoms with Gasteiger partial charge < -0.3 is 0 Å². The molecule has 0 fully saturated rings. The van der Waals surface area contributed by atoms with Crippen LogP contribution in [0.1, 0.15) is 11.1 Å². The number of rotatable bonds is 2. The molecule has 0 unspecified atom stereocenters. The molecule has 0 saturated heterocycles. The van der Waals surface area contributed by atoms with Crippen molar-refractivity contribution in [1.82, 2.24) is 4.98 Å². The van der Waals surface area contributed by atoms with Crippen molar-refractivity contribution in [3.8, 4) is 0 Å². The van der Waals surface area contributed by atoms with Crippen molar-refractivity contribution in [3.63, 3.8) is 0 Å². The Bertz CT molecular complexity index is 213. The highest BCUT2D eigenvalue weighted by Gasteiger charge is 1.94. The summed E-state index contributed by atoms with van der Waals surface area (Å²) in [4.78, 5) is 8.41. The first-order valence-electron chi connectivity index (χ1n) is 3.06. The third-order valence-corrected chi connectivity index (χ3v) is 1.38. The number of hydrogen-bond donors (Lipinski definition) is 1. The Morgan fingerprint density at radius 1 is 1.70 bits per heavy atom. The van der Waals surface area contributed by atoms with E-state index >= 15 is 0 Å². The van der Waals surface area contributed by atoms with Crippen LogP contribution in [0.4, 0.5) is 0 Å². The third-order valence-electron chi connectivity index (χ3n) is 1.38. The smallest absolute Gasteiger partial charge is 0.0933 e. The van der Waals surface area contributed by atoms with Gasteiger partial charge in [-0.25, -0.2) is 5.90 Å². The number of nitrogens with zero attached hydrogens (tertiary/aromatic N) is 1. The summed E-state index contributed by atoms with van der Waals surface area (Å²) in [5.74, 6) is 4.91. The zero-order valence-electron chi connectivity index (χ0n) is 5.87. The van der Waals surface area contributed by atoms with E-state index in [0.717, 1.165) is 11.1 Å². The summed E-state index contributed by atoms with van der Waals surface area (Å²) in [7, 11) is 0. The Morgan fingerprint density at radius 3 is 3.10 bits per heavy atom. The van der Waals surface area contributed by atoms with E-state index < -0.39 is 0 Å². The first kappa shape index (κ1) is 7.18. The molecule has 0 radical (unpaired) electrons. The van der Waals surface area contributed by atoms with Crippen LogP contribution in [0.15, 0.2) is 18.5 Å². The largest absolute Gasteiger partial charge is 0.300 e. The third kappa shape index (κ3) is 1.52. The van der Waals surface area contributed by atoms with Crippen LogP contribution >= 0.6 is 0 Å². The van der Waals surface area contributed by atoms with E-state index in [1.165, 1.54) is 0 Å². The highest BCUT2D eigenvalue weighted by atomic mass is 16.6. The molecule has 0 aliphatic carbocycles. The van der Waals surface area contributed by atoms with E-state index in [2.05, 4.69) is 9.82 Å². The number of hydrogen-bond acceptors (Lipinski definition) is 3. The molecular weight excluding hydrogens is 128 g/mol. The van der Waals surface area contributed by atoms with Gasteiger partial charge in [-0.2, -0.15) is 0 Å². The second-order valence-corrected chi connectivity index (χ2v) is 2.11. The van der Waals surface area contributed by atoms with Gasteiger partial charge in [-0.3, -0.25) is 9.82 Å². The van der Waals surface area contributed by atoms with Crippen LogP contribution in [-0.2, 0) is 11.4 Å². The van der Waals surface area contributed by atoms with Gasteiger partial charge in [0.2, 0.25) is 0 Å². The molecule has 54 valence electrons. The lowest BCUT2D eigenvalue weighted by Crippen LogP contribution is -2.00. The summed E-state index contributed by atoms with van der Waals surface area (Å²) in [6.07, 6.45) is 3.51. The average Bonchev–Trinajstić information content (AvgIpc) is 1.94. The molecule has 1 aromatic rings. The Balaban J connectivity index is 2.81. The van der Waals surface area contributed by atoms with E-state index in [9.17, 15) is 0 Å². The van der Waals surface area contributed by atoms with Crippen molar-refractivity contribution in [3.05, 3.63) is 29.6 Å². The fourth-order valence-electron chi connectivity index (χ4n) is 0.754. The topological polar surface area (TPSA) is 48.1 Å². The first-order chi connectivity index (χ1) is 4.84. The summed E-state index contributed by atoms with van der Waals surface area (Å²) >= 11 is 0. The highest BCUT2D eigenvalue weighted by Crippen LogP contribution is 2.04. The number of aryl methyl sites for hydroxylation is 1. The molecular formula is C7H10N2O. The van der Waals surface area contributed by atoms with Crippen LogP contribution in [-0.4, -0.2) is 4.98 Å². The van der Waals surface area contributed by atoms with Crippen molar-refractivity contribution < 1.29 is 4.84 Å². The maximum Gasteiger partial charge on any atom is 0.0933 e. The van der Waals surface area contributed by atoms with Gasteiger partial charge in [0, 0.05) is 12.4 Å². The van der Waals surface area contributed by atoms with Gasteiger partial charge >= 0.3 is 0 Å². The van der Waals surface area contributed by atoms with Crippen LogP contribution in [0.3, 0.4) is 0 Å². The first-order valence-corrected chi connectivity index (χ1v) is 3.06. The Kier molecular flexibility index (Phi) is 2.36. The Morgan fingerprint density at radius 2 is 2.50 bits per heavy atom. The van der Waals surface area contributed by atoms with Gasteiger partial charge in [0.05, 0.1) is 6.61 Å². The van der Waals surface area contributed by atoms with Crippen LogP contribution < -0.4 is 5.90 Å². The molecule has 10 heavy (non-hydrogen) atoms. The molecule has 0 atom stereocenters. The van der Waals surface area contributed by atoms with Gasteiger partial charge in [0.25, 0.3) is 0 Å². The van der Waals surface area contributed by atoms with Gasteiger partial charge in [0.15, 0.2) is 0 Å². The highest BCUT2D eigenvalue weighted by molar-refractivity contribution is 5.20. The Labute approximate surface area is 59.8 Å². The maximum absolute atomic E-state index is 4.91. The average molecular weight is 138 g/mol. The lowest BCUT2D eigenvalue weighted by molar-refractivity contribution is 0.123. The molecule has 1 heterocycles. The minimum Gasteiger partial charge on any atom is -0.300 e. The molecule has 0 amide bonds. The molecule has 0 aliphatic rings. The molecule has 3 nitrogen and oxygen atoms in total. The minimum absolute atomic E-state index is 0.453. The van der Waals surface area contributed by atoms with Gasteiger partial charge in [-0.1, -0.05) is 0 Å². The molecule has 0 spiro atoms. The molecule has 0 aliphatic heterocycles. The van der Waals surface area contributed by atoms with Crippen molar-refractivity contribution in [2.75, 3.05) is 0 Å². The normalized spacial score (nSPS) is 9.80. The summed E-state index contributed by atoms with van der Waals surface area (Å²) < 4.78 is 0. The van der Waals surface area contributed by atoms with E-state index in [-0.39, 0.29) is 0 Å². The monoisotopic (exact) mass is 138 g/mol. The summed E-state index contributed by atoms with van der Waals surface area (Å²) in [5, 5.41) is 0. The summed E-state index contributed by atoms with van der Waals surface area (Å²) in [6.45, 7) is 2.43. The fourth-order valence-corrected chi connectivity index (χ4v) is 0.754. The number of pyridine rings is 1. The van der Waals surface area contributed by atoms with Gasteiger partial charge in [-0.15, -0.1) is 0 Å². The van der Waals surface area contributed by atoms with Gasteiger partial charge in [-0.05, 0) is 24.1 Å². The standard InChI is InChI=1S/C7H10N2O/c1-6-4-9-3-2-7(6)5-10-8/h2-4H,5,8H2,1H3. The van der Waals surface area contributed by atoms with Crippen LogP contribution in [0.2, 0.25) is 0 Å². The molecule has 3 heteroatoms. The molecule has 0 aromatic carbocycles. The van der Waals surface area contributed by atoms with E-state index in [4.69, 9.17) is 5.90 Å². The zero-order chi connectivity index (χ0) is 7.40. The van der Waals surface area contributed by atoms with E-state index in [0.29, 0.717) is 6.61 Å². The fraction of sp³-hybridized carbons (Fsp3) is 0.286. The van der Waals surface area contributed by atoms with Crippen molar-refractivity contribution >= 4 is 0 Å². The van der Waals surface area contributed by atoms with E-state index in [1.807, 2.05) is 13.0 Å². The lowest BCUT2D eigenvalue weighted by Gasteiger charge is -2.00. The van der Waals surface area contributed by atoms with Gasteiger partial charge in [0.1, 0.15) is 0 Å². The van der Waals surface area contributed by atoms with Crippen molar-refractivity contribution in [1.29, 1.82) is 0 Å². The molecule has 0 bridgehead atoms. The zero-order valence-corrected chi connectivity index (χ0v) is 5.87. The maximum atomic E-state index is 4.91. The van der Waals surface area contributed by atoms with Crippen molar-refractivity contribution in [2.24, 2.45) is 5.90 Å². The SMILES string of the molecule is Cc1cnccc1CON. The summed E-state index contributed by atoms with van der Waals surface area (Å²) in [5.41, 5.74) is 2.19. The molecule has 0 saturated carbocycles. The predicted molar refractivity (Wildman–Crippen MR) is 38.0 cm³/mol. The number of nitrogens with two attached hydrogens (primary N) is 1. The number of aromatic nitrogens is 1. The molecule has 1 rings (SSSR count). The van der Waals surface area contributed by atoms with Crippen molar-refractivity contribution in [2.45, 2.75) is 13.5 Å². The van der Waals surface area contributed by atoms with Crippen LogP contribution in [0, 0.1) is 6.92 Å². The minimum atomic E-state index is 0.453. The van der Waals surface area contributed by atoms with Crippen LogP contribution in [0.5, 0.6) is 0 Å². The van der Waals surface area contributed by atoms with Crippen LogP contribution in [0.25, 0.3) is 0 Å². The quantitative estimate of drug-likeness (QED) is 0.614. The van der Waals surface area contributed by atoms with E-state index in [1.54, 1.807) is 12.4 Å². The molecule has 2 N–H and O–H groups in total. The summed E-state index contributed by atoms with van der Waals surface area (Å²) in [6, 6.07) is 1.89. The second kappa shape index (κ2) is 3.29. The predicted octanol–water partition coefficient (Wildman–Crippen LogP) is 0.780. The molecule has 1 aromatic heterocycles. The Hall–Kier alpha value is -0.930. The lowest BCUT2D eigenvalue weighted by atomic mass is 10.2.